The number of nitrogens with zero attached hydrogens (tertiary/aromatic N) is 2. The standard InChI is InChI=1S/C31H38ClN3O4S/c1-6-23(3)33-31(37)29(19-25-11-8-7-9-12-25)34(20-26-17-15-22(2)16-18-26)30(36)21-35(40(5,38)39)28-14-10-13-27(32)24(28)4/h7-18,23,29H,6,19-21H2,1-5H3,(H,33,37)/t23-,29-/m0/s1. The Balaban J connectivity index is 2.08. The summed E-state index contributed by atoms with van der Waals surface area (Å²) in [6, 6.07) is 21.2. The first-order valence-electron chi connectivity index (χ1n) is 13.3. The van der Waals surface area contributed by atoms with Gasteiger partial charge in [-0.2, -0.15) is 0 Å². The first-order chi connectivity index (χ1) is 18.9. The molecule has 0 saturated heterocycles. The topological polar surface area (TPSA) is 86.8 Å². The van der Waals surface area contributed by atoms with Gasteiger partial charge in [-0.05, 0) is 56.0 Å². The molecule has 0 heterocycles. The summed E-state index contributed by atoms with van der Waals surface area (Å²) in [4.78, 5) is 29.3. The summed E-state index contributed by atoms with van der Waals surface area (Å²) in [5, 5.41) is 3.42. The summed E-state index contributed by atoms with van der Waals surface area (Å²) in [5.74, 6) is -0.783. The van der Waals surface area contributed by atoms with Gasteiger partial charge in [-0.3, -0.25) is 13.9 Å². The van der Waals surface area contributed by atoms with E-state index in [2.05, 4.69) is 5.32 Å². The highest BCUT2D eigenvalue weighted by molar-refractivity contribution is 7.92. The molecule has 0 saturated carbocycles. The smallest absolute Gasteiger partial charge is 0.244 e. The lowest BCUT2D eigenvalue weighted by molar-refractivity contribution is -0.140. The van der Waals surface area contributed by atoms with E-state index in [-0.39, 0.29) is 24.9 Å². The molecule has 3 aromatic carbocycles. The third kappa shape index (κ3) is 8.32. The minimum atomic E-state index is -3.87. The Bertz CT molecular complexity index is 1410. The van der Waals surface area contributed by atoms with Crippen molar-refractivity contribution in [3.8, 4) is 0 Å². The molecule has 0 aliphatic heterocycles. The van der Waals surface area contributed by atoms with Crippen LogP contribution in [0.15, 0.2) is 72.8 Å². The van der Waals surface area contributed by atoms with Gasteiger partial charge in [-0.1, -0.05) is 84.8 Å². The summed E-state index contributed by atoms with van der Waals surface area (Å²) in [7, 11) is -3.87. The molecule has 214 valence electrons. The molecular weight excluding hydrogens is 546 g/mol. The lowest BCUT2D eigenvalue weighted by Crippen LogP contribution is -2.54. The average molecular weight is 584 g/mol. The van der Waals surface area contributed by atoms with Crippen molar-refractivity contribution in [1.82, 2.24) is 10.2 Å². The van der Waals surface area contributed by atoms with Gasteiger partial charge < -0.3 is 10.2 Å². The minimum absolute atomic E-state index is 0.0938. The summed E-state index contributed by atoms with van der Waals surface area (Å²) >= 11 is 6.30. The van der Waals surface area contributed by atoms with Crippen molar-refractivity contribution in [2.75, 3.05) is 17.1 Å². The predicted molar refractivity (Wildman–Crippen MR) is 162 cm³/mol. The second-order valence-electron chi connectivity index (χ2n) is 10.2. The first-order valence-corrected chi connectivity index (χ1v) is 15.6. The van der Waals surface area contributed by atoms with Crippen LogP contribution in [0.5, 0.6) is 0 Å². The molecule has 3 aromatic rings. The van der Waals surface area contributed by atoms with Crippen LogP contribution >= 0.6 is 11.6 Å². The molecule has 0 aliphatic carbocycles. The van der Waals surface area contributed by atoms with Crippen molar-refractivity contribution in [3.63, 3.8) is 0 Å². The maximum Gasteiger partial charge on any atom is 0.244 e. The SMILES string of the molecule is CC[C@H](C)NC(=O)[C@H](Cc1ccccc1)N(Cc1ccc(C)cc1)C(=O)CN(c1cccc(Cl)c1C)S(C)(=O)=O. The highest BCUT2D eigenvalue weighted by Gasteiger charge is 2.33. The highest BCUT2D eigenvalue weighted by Crippen LogP contribution is 2.28. The number of hydrogen-bond acceptors (Lipinski definition) is 4. The number of benzene rings is 3. The normalized spacial score (nSPS) is 12.8. The molecular formula is C31H38ClN3O4S. The van der Waals surface area contributed by atoms with Crippen molar-refractivity contribution in [1.29, 1.82) is 0 Å². The Morgan fingerprint density at radius 3 is 2.17 bits per heavy atom. The van der Waals surface area contributed by atoms with Gasteiger partial charge in [-0.15, -0.1) is 0 Å². The molecule has 0 radical (unpaired) electrons. The highest BCUT2D eigenvalue weighted by atomic mass is 35.5. The zero-order valence-electron chi connectivity index (χ0n) is 23.7. The summed E-state index contributed by atoms with van der Waals surface area (Å²) in [6.45, 7) is 7.23. The van der Waals surface area contributed by atoms with E-state index in [4.69, 9.17) is 11.6 Å². The van der Waals surface area contributed by atoms with Crippen molar-refractivity contribution >= 4 is 39.1 Å². The van der Waals surface area contributed by atoms with Crippen LogP contribution in [0.2, 0.25) is 5.02 Å². The number of amides is 2. The Morgan fingerprint density at radius 1 is 0.925 bits per heavy atom. The van der Waals surface area contributed by atoms with Gasteiger partial charge in [0.2, 0.25) is 21.8 Å². The van der Waals surface area contributed by atoms with Crippen molar-refractivity contribution in [3.05, 3.63) is 100 Å². The monoisotopic (exact) mass is 583 g/mol. The third-order valence-electron chi connectivity index (χ3n) is 6.93. The van der Waals surface area contributed by atoms with Crippen LogP contribution in [-0.2, 0) is 32.6 Å². The Morgan fingerprint density at radius 2 is 1.57 bits per heavy atom. The zero-order valence-corrected chi connectivity index (χ0v) is 25.3. The molecule has 0 bridgehead atoms. The molecule has 9 heteroatoms. The summed E-state index contributed by atoms with van der Waals surface area (Å²) in [5.41, 5.74) is 3.65. The molecule has 0 unspecified atom stereocenters. The number of aryl methyl sites for hydroxylation is 1. The number of carbonyl (C=O) groups excluding carboxylic acids is 2. The van der Waals surface area contributed by atoms with Crippen LogP contribution in [0.25, 0.3) is 0 Å². The van der Waals surface area contributed by atoms with Crippen LogP contribution in [0.3, 0.4) is 0 Å². The van der Waals surface area contributed by atoms with E-state index < -0.39 is 28.5 Å². The van der Waals surface area contributed by atoms with Crippen LogP contribution in [-0.4, -0.2) is 50.0 Å². The van der Waals surface area contributed by atoms with Gasteiger partial charge in [-0.25, -0.2) is 8.42 Å². The number of halogens is 1. The lowest BCUT2D eigenvalue weighted by Gasteiger charge is -2.34. The maximum atomic E-state index is 14.1. The molecule has 1 N–H and O–H groups in total. The number of nitrogens with one attached hydrogen (secondary N) is 1. The molecule has 0 spiro atoms. The van der Waals surface area contributed by atoms with E-state index in [1.807, 2.05) is 75.4 Å². The van der Waals surface area contributed by atoms with Crippen LogP contribution in [0.4, 0.5) is 5.69 Å². The fourth-order valence-corrected chi connectivity index (χ4v) is 5.42. The average Bonchev–Trinajstić information content (AvgIpc) is 2.91. The molecule has 2 amide bonds. The van der Waals surface area contributed by atoms with Crippen LogP contribution in [0.1, 0.15) is 42.5 Å². The molecule has 2 atom stereocenters. The number of sulfonamides is 1. The van der Waals surface area contributed by atoms with E-state index in [0.29, 0.717) is 16.3 Å². The van der Waals surface area contributed by atoms with E-state index in [1.165, 1.54) is 4.90 Å². The van der Waals surface area contributed by atoms with Gasteiger partial charge in [0.1, 0.15) is 12.6 Å². The van der Waals surface area contributed by atoms with E-state index in [1.54, 1.807) is 25.1 Å². The zero-order chi connectivity index (χ0) is 29.4. The Kier molecular flexibility index (Phi) is 10.8. The fourth-order valence-electron chi connectivity index (χ4n) is 4.35. The van der Waals surface area contributed by atoms with Gasteiger partial charge in [0.15, 0.2) is 0 Å². The van der Waals surface area contributed by atoms with Gasteiger partial charge in [0.25, 0.3) is 0 Å². The van der Waals surface area contributed by atoms with Gasteiger partial charge in [0, 0.05) is 24.0 Å². The quantitative estimate of drug-likeness (QED) is 0.314. The maximum absolute atomic E-state index is 14.1. The molecule has 7 nitrogen and oxygen atoms in total. The second-order valence-corrected chi connectivity index (χ2v) is 12.5. The first kappa shape index (κ1) is 31.2. The van der Waals surface area contributed by atoms with Crippen molar-refractivity contribution < 1.29 is 18.0 Å². The van der Waals surface area contributed by atoms with Crippen molar-refractivity contribution in [2.24, 2.45) is 0 Å². The number of anilines is 1. The van der Waals surface area contributed by atoms with Crippen LogP contribution in [0, 0.1) is 13.8 Å². The van der Waals surface area contributed by atoms with Gasteiger partial charge >= 0.3 is 0 Å². The molecule has 0 aromatic heterocycles. The largest absolute Gasteiger partial charge is 0.352 e. The molecule has 40 heavy (non-hydrogen) atoms. The molecule has 3 rings (SSSR count). The van der Waals surface area contributed by atoms with E-state index in [9.17, 15) is 18.0 Å². The Labute approximate surface area is 243 Å². The number of carbonyl (C=O) groups is 2. The Hall–Kier alpha value is -3.36. The van der Waals surface area contributed by atoms with Crippen molar-refractivity contribution in [2.45, 2.75) is 59.2 Å². The number of rotatable bonds is 12. The molecule has 0 fully saturated rings. The third-order valence-corrected chi connectivity index (χ3v) is 8.47. The minimum Gasteiger partial charge on any atom is -0.352 e. The predicted octanol–water partition coefficient (Wildman–Crippen LogP) is 5.28. The van der Waals surface area contributed by atoms with Gasteiger partial charge in [0.05, 0.1) is 11.9 Å². The van der Waals surface area contributed by atoms with E-state index >= 15 is 0 Å². The fraction of sp³-hybridized carbons (Fsp3) is 0.355. The lowest BCUT2D eigenvalue weighted by atomic mass is 10.0. The van der Waals surface area contributed by atoms with Crippen LogP contribution < -0.4 is 9.62 Å². The van der Waals surface area contributed by atoms with E-state index in [0.717, 1.165) is 33.7 Å². The second kappa shape index (κ2) is 13.8. The molecule has 0 aliphatic rings. The summed E-state index contributed by atoms with van der Waals surface area (Å²) in [6.07, 6.45) is 2.06. The summed E-state index contributed by atoms with van der Waals surface area (Å²) < 4.78 is 27.0. The number of hydrogen-bond donors (Lipinski definition) is 1.